The molecular weight excluding hydrogens is 260 g/mol. The standard InChI is InChI=1S/C16H17F2NO/c1-11(12-6-3-4-9-16(12)20-2)19-10-13-14(17)7-5-8-15(13)18/h3-9,11,19H,10H2,1-2H3/t11-/m1/s1. The van der Waals surface area contributed by atoms with Gasteiger partial charge in [-0.1, -0.05) is 24.3 Å². The van der Waals surface area contributed by atoms with E-state index in [-0.39, 0.29) is 18.2 Å². The molecule has 4 heteroatoms. The molecule has 0 aromatic heterocycles. The smallest absolute Gasteiger partial charge is 0.130 e. The first kappa shape index (κ1) is 14.5. The Morgan fingerprint density at radius 1 is 1.05 bits per heavy atom. The molecule has 1 atom stereocenters. The zero-order valence-corrected chi connectivity index (χ0v) is 11.5. The molecule has 0 aliphatic carbocycles. The second-order valence-corrected chi connectivity index (χ2v) is 4.54. The van der Waals surface area contributed by atoms with E-state index in [1.54, 1.807) is 7.11 Å². The Labute approximate surface area is 117 Å². The summed E-state index contributed by atoms with van der Waals surface area (Å²) in [6.07, 6.45) is 0. The Balaban J connectivity index is 2.11. The van der Waals surface area contributed by atoms with Crippen LogP contribution in [-0.2, 0) is 6.54 Å². The molecule has 2 aromatic rings. The van der Waals surface area contributed by atoms with E-state index < -0.39 is 11.6 Å². The van der Waals surface area contributed by atoms with E-state index in [4.69, 9.17) is 4.74 Å². The number of nitrogens with one attached hydrogen (secondary N) is 1. The summed E-state index contributed by atoms with van der Waals surface area (Å²) < 4.78 is 32.4. The molecule has 0 aliphatic heterocycles. The highest BCUT2D eigenvalue weighted by atomic mass is 19.1. The average molecular weight is 277 g/mol. The molecular formula is C16H17F2NO. The lowest BCUT2D eigenvalue weighted by atomic mass is 10.1. The average Bonchev–Trinajstić information content (AvgIpc) is 2.46. The molecule has 0 amide bonds. The highest BCUT2D eigenvalue weighted by Crippen LogP contribution is 2.24. The zero-order valence-electron chi connectivity index (χ0n) is 11.5. The van der Waals surface area contributed by atoms with Gasteiger partial charge in [0.05, 0.1) is 7.11 Å². The first-order chi connectivity index (χ1) is 9.63. The maximum atomic E-state index is 13.5. The second-order valence-electron chi connectivity index (χ2n) is 4.54. The molecule has 0 bridgehead atoms. The van der Waals surface area contributed by atoms with Crippen LogP contribution in [0.3, 0.4) is 0 Å². The molecule has 0 fully saturated rings. The predicted octanol–water partition coefficient (Wildman–Crippen LogP) is 3.82. The Kier molecular flexibility index (Phi) is 4.69. The van der Waals surface area contributed by atoms with Crippen molar-refractivity contribution in [1.29, 1.82) is 0 Å². The van der Waals surface area contributed by atoms with Gasteiger partial charge in [0.15, 0.2) is 0 Å². The lowest BCUT2D eigenvalue weighted by Gasteiger charge is -2.17. The van der Waals surface area contributed by atoms with Crippen molar-refractivity contribution >= 4 is 0 Å². The van der Waals surface area contributed by atoms with Crippen molar-refractivity contribution in [1.82, 2.24) is 5.32 Å². The van der Waals surface area contributed by atoms with Crippen molar-refractivity contribution in [2.75, 3.05) is 7.11 Å². The van der Waals surface area contributed by atoms with Gasteiger partial charge in [0, 0.05) is 23.7 Å². The van der Waals surface area contributed by atoms with E-state index in [0.29, 0.717) is 0 Å². The number of hydrogen-bond acceptors (Lipinski definition) is 2. The monoisotopic (exact) mass is 277 g/mol. The lowest BCUT2D eigenvalue weighted by molar-refractivity contribution is 0.400. The maximum absolute atomic E-state index is 13.5. The molecule has 1 N–H and O–H groups in total. The van der Waals surface area contributed by atoms with Crippen LogP contribution in [0.25, 0.3) is 0 Å². The quantitative estimate of drug-likeness (QED) is 0.897. The predicted molar refractivity (Wildman–Crippen MR) is 74.6 cm³/mol. The maximum Gasteiger partial charge on any atom is 0.130 e. The Morgan fingerprint density at radius 2 is 1.70 bits per heavy atom. The minimum Gasteiger partial charge on any atom is -0.496 e. The molecule has 2 rings (SSSR count). The first-order valence-corrected chi connectivity index (χ1v) is 6.42. The summed E-state index contributed by atoms with van der Waals surface area (Å²) in [5.41, 5.74) is 1.00. The minimum atomic E-state index is -0.537. The van der Waals surface area contributed by atoms with Crippen LogP contribution in [-0.4, -0.2) is 7.11 Å². The van der Waals surface area contributed by atoms with E-state index in [9.17, 15) is 8.78 Å². The van der Waals surface area contributed by atoms with Crippen LogP contribution in [0.5, 0.6) is 5.75 Å². The molecule has 0 saturated heterocycles. The van der Waals surface area contributed by atoms with Crippen LogP contribution in [0.2, 0.25) is 0 Å². The summed E-state index contributed by atoms with van der Waals surface area (Å²) in [5.74, 6) is -0.323. The molecule has 106 valence electrons. The molecule has 2 aromatic carbocycles. The number of benzene rings is 2. The third kappa shape index (κ3) is 3.14. The highest BCUT2D eigenvalue weighted by Gasteiger charge is 2.13. The van der Waals surface area contributed by atoms with Gasteiger partial charge in [0.1, 0.15) is 17.4 Å². The van der Waals surface area contributed by atoms with Gasteiger partial charge in [-0.15, -0.1) is 0 Å². The summed E-state index contributed by atoms with van der Waals surface area (Å²) in [6, 6.07) is 11.4. The van der Waals surface area contributed by atoms with Gasteiger partial charge in [-0.05, 0) is 25.1 Å². The Bertz CT molecular complexity index is 566. The topological polar surface area (TPSA) is 21.3 Å². The number of hydrogen-bond donors (Lipinski definition) is 1. The van der Waals surface area contributed by atoms with Gasteiger partial charge < -0.3 is 10.1 Å². The van der Waals surface area contributed by atoms with Crippen molar-refractivity contribution in [2.24, 2.45) is 0 Å². The molecule has 0 saturated carbocycles. The van der Waals surface area contributed by atoms with Crippen molar-refractivity contribution in [3.05, 3.63) is 65.2 Å². The summed E-state index contributed by atoms with van der Waals surface area (Å²) in [7, 11) is 1.60. The van der Waals surface area contributed by atoms with Crippen molar-refractivity contribution in [2.45, 2.75) is 19.5 Å². The van der Waals surface area contributed by atoms with Crippen LogP contribution in [0.15, 0.2) is 42.5 Å². The van der Waals surface area contributed by atoms with Crippen molar-refractivity contribution in [3.8, 4) is 5.75 Å². The van der Waals surface area contributed by atoms with E-state index in [1.165, 1.54) is 18.2 Å². The van der Waals surface area contributed by atoms with E-state index in [0.717, 1.165) is 11.3 Å². The van der Waals surface area contributed by atoms with Gasteiger partial charge >= 0.3 is 0 Å². The number of ether oxygens (including phenoxy) is 1. The molecule has 2 nitrogen and oxygen atoms in total. The van der Waals surface area contributed by atoms with Gasteiger partial charge in [-0.2, -0.15) is 0 Å². The normalized spacial score (nSPS) is 12.2. The SMILES string of the molecule is COc1ccccc1[C@@H](C)NCc1c(F)cccc1F. The number of rotatable bonds is 5. The first-order valence-electron chi connectivity index (χ1n) is 6.42. The number of methoxy groups -OCH3 is 1. The van der Waals surface area contributed by atoms with Crippen LogP contribution in [0.1, 0.15) is 24.1 Å². The third-order valence-corrected chi connectivity index (χ3v) is 3.25. The van der Waals surface area contributed by atoms with E-state index in [2.05, 4.69) is 5.32 Å². The summed E-state index contributed by atoms with van der Waals surface area (Å²) in [4.78, 5) is 0. The van der Waals surface area contributed by atoms with Crippen LogP contribution < -0.4 is 10.1 Å². The summed E-state index contributed by atoms with van der Waals surface area (Å²) in [6.45, 7) is 2.05. The molecule has 0 radical (unpaired) electrons. The largest absolute Gasteiger partial charge is 0.496 e. The van der Waals surface area contributed by atoms with Gasteiger partial charge in [0.2, 0.25) is 0 Å². The van der Waals surface area contributed by atoms with Crippen LogP contribution >= 0.6 is 0 Å². The number of halogens is 2. The fraction of sp³-hybridized carbons (Fsp3) is 0.250. The Morgan fingerprint density at radius 3 is 2.35 bits per heavy atom. The van der Waals surface area contributed by atoms with E-state index >= 15 is 0 Å². The minimum absolute atomic E-state index is 0.0502. The van der Waals surface area contributed by atoms with Gasteiger partial charge in [0.25, 0.3) is 0 Å². The van der Waals surface area contributed by atoms with Crippen LogP contribution in [0.4, 0.5) is 8.78 Å². The third-order valence-electron chi connectivity index (χ3n) is 3.25. The molecule has 0 spiro atoms. The molecule has 0 aliphatic rings. The van der Waals surface area contributed by atoms with E-state index in [1.807, 2.05) is 31.2 Å². The molecule has 0 heterocycles. The number of para-hydroxylation sites is 1. The second kappa shape index (κ2) is 6.48. The molecule has 0 unspecified atom stereocenters. The zero-order chi connectivity index (χ0) is 14.5. The van der Waals surface area contributed by atoms with Crippen LogP contribution in [0, 0.1) is 11.6 Å². The fourth-order valence-electron chi connectivity index (χ4n) is 2.09. The molecule has 20 heavy (non-hydrogen) atoms. The highest BCUT2D eigenvalue weighted by molar-refractivity contribution is 5.35. The van der Waals surface area contributed by atoms with Crippen molar-refractivity contribution < 1.29 is 13.5 Å². The van der Waals surface area contributed by atoms with Crippen molar-refractivity contribution in [3.63, 3.8) is 0 Å². The summed E-state index contributed by atoms with van der Waals surface area (Å²) in [5, 5.41) is 3.11. The lowest BCUT2D eigenvalue weighted by Crippen LogP contribution is -2.20. The summed E-state index contributed by atoms with van der Waals surface area (Å²) >= 11 is 0. The van der Waals surface area contributed by atoms with Gasteiger partial charge in [-0.3, -0.25) is 0 Å². The Hall–Kier alpha value is -1.94. The fourth-order valence-corrected chi connectivity index (χ4v) is 2.09. The van der Waals surface area contributed by atoms with Gasteiger partial charge in [-0.25, -0.2) is 8.78 Å².